The van der Waals surface area contributed by atoms with Crippen LogP contribution in [0.2, 0.25) is 0 Å². The molecule has 1 aromatic heterocycles. The van der Waals surface area contributed by atoms with Crippen molar-refractivity contribution in [3.05, 3.63) is 46.1 Å². The highest BCUT2D eigenvalue weighted by atomic mass is 32.2. The fourth-order valence-electron chi connectivity index (χ4n) is 3.47. The quantitative estimate of drug-likeness (QED) is 0.687. The molecule has 1 aliphatic carbocycles. The normalized spacial score (nSPS) is 16.0. The van der Waals surface area contributed by atoms with E-state index in [0.717, 1.165) is 25.7 Å². The lowest BCUT2D eigenvalue weighted by Gasteiger charge is -2.15. The Bertz CT molecular complexity index is 1140. The van der Waals surface area contributed by atoms with Crippen molar-refractivity contribution in [1.29, 1.82) is 0 Å². The van der Waals surface area contributed by atoms with Gasteiger partial charge >= 0.3 is 5.97 Å². The Hall–Kier alpha value is -2.67. The Kier molecular flexibility index (Phi) is 4.47. The van der Waals surface area contributed by atoms with Crippen LogP contribution in [0.4, 0.5) is 0 Å². The summed E-state index contributed by atoms with van der Waals surface area (Å²) in [5.74, 6) is -0.712. The summed E-state index contributed by atoms with van der Waals surface area (Å²) in [5, 5.41) is 9.59. The summed E-state index contributed by atoms with van der Waals surface area (Å²) >= 11 is 0. The molecule has 4 rings (SSSR count). The Labute approximate surface area is 157 Å². The maximum absolute atomic E-state index is 13.0. The summed E-state index contributed by atoms with van der Waals surface area (Å²) in [6, 6.07) is 7.37. The summed E-state index contributed by atoms with van der Waals surface area (Å²) in [4.78, 5) is 24.7. The molecule has 0 amide bonds. The third kappa shape index (κ3) is 3.23. The molecule has 0 saturated heterocycles. The maximum atomic E-state index is 13.0. The topological polar surface area (TPSA) is 93.8 Å². The zero-order chi connectivity index (χ0) is 19.1. The van der Waals surface area contributed by atoms with Gasteiger partial charge in [-0.25, -0.2) is 4.79 Å². The summed E-state index contributed by atoms with van der Waals surface area (Å²) in [5.41, 5.74) is 0.237. The Morgan fingerprint density at radius 2 is 1.93 bits per heavy atom. The van der Waals surface area contributed by atoms with Crippen molar-refractivity contribution < 1.29 is 23.3 Å². The maximum Gasteiger partial charge on any atom is 0.335 e. The Balaban J connectivity index is 1.99. The number of aromatic carboxylic acids is 1. The lowest BCUT2D eigenvalue weighted by atomic mass is 10.1. The molecule has 6 nitrogen and oxygen atoms in total. The predicted octanol–water partition coefficient (Wildman–Crippen LogP) is 3.70. The van der Waals surface area contributed by atoms with Crippen molar-refractivity contribution in [2.45, 2.75) is 36.7 Å². The lowest BCUT2D eigenvalue weighted by Crippen LogP contribution is -2.13. The van der Waals surface area contributed by atoms with Crippen molar-refractivity contribution in [1.82, 2.24) is 0 Å². The Morgan fingerprint density at radius 3 is 2.59 bits per heavy atom. The van der Waals surface area contributed by atoms with E-state index in [2.05, 4.69) is 0 Å². The molecule has 1 fully saturated rings. The van der Waals surface area contributed by atoms with Crippen molar-refractivity contribution >= 4 is 38.7 Å². The van der Waals surface area contributed by atoms with Crippen LogP contribution in [-0.4, -0.2) is 27.6 Å². The van der Waals surface area contributed by atoms with Crippen LogP contribution in [0, 0.1) is 0 Å². The second-order valence-corrected chi connectivity index (χ2v) is 8.10. The zero-order valence-electron chi connectivity index (χ0n) is 14.7. The highest BCUT2D eigenvalue weighted by Gasteiger charge is 2.21. The van der Waals surface area contributed by atoms with E-state index in [1.54, 1.807) is 6.07 Å². The van der Waals surface area contributed by atoms with Gasteiger partial charge in [-0.3, -0.25) is 9.00 Å². The van der Waals surface area contributed by atoms with Gasteiger partial charge in [0, 0.05) is 28.0 Å². The SMILES string of the molecule is CS(=O)c1cc(OC2CCCC2)c2oc3ccc(C(=O)O)cc3c(=O)c2c1. The molecule has 1 unspecified atom stereocenters. The number of hydrogen-bond acceptors (Lipinski definition) is 5. The third-order valence-electron chi connectivity index (χ3n) is 4.88. The van der Waals surface area contributed by atoms with Crippen LogP contribution in [0.15, 0.2) is 44.4 Å². The predicted molar refractivity (Wildman–Crippen MR) is 102 cm³/mol. The molecule has 1 N–H and O–H groups in total. The second-order valence-electron chi connectivity index (χ2n) is 6.72. The van der Waals surface area contributed by atoms with Gasteiger partial charge in [-0.15, -0.1) is 0 Å². The molecule has 1 saturated carbocycles. The third-order valence-corrected chi connectivity index (χ3v) is 5.78. The van der Waals surface area contributed by atoms with E-state index in [1.807, 2.05) is 0 Å². The van der Waals surface area contributed by atoms with E-state index < -0.39 is 16.8 Å². The number of carbonyl (C=O) groups is 1. The minimum absolute atomic E-state index is 0.00630. The van der Waals surface area contributed by atoms with Gasteiger partial charge < -0.3 is 14.3 Å². The summed E-state index contributed by atoms with van der Waals surface area (Å²) in [6.45, 7) is 0. The standard InChI is InChI=1S/C20H18O6S/c1-27(24)13-9-15-18(21)14-8-11(20(22)23)6-7-16(14)26-19(15)17(10-13)25-12-4-2-3-5-12/h6-10,12H,2-5H2,1H3,(H,22,23). The van der Waals surface area contributed by atoms with Crippen molar-refractivity contribution in [3.8, 4) is 5.75 Å². The Morgan fingerprint density at radius 1 is 1.19 bits per heavy atom. The van der Waals surface area contributed by atoms with Gasteiger partial charge in [0.2, 0.25) is 5.43 Å². The van der Waals surface area contributed by atoms with E-state index in [0.29, 0.717) is 21.8 Å². The smallest absolute Gasteiger partial charge is 0.335 e. The van der Waals surface area contributed by atoms with Crippen molar-refractivity contribution in [2.24, 2.45) is 0 Å². The molecule has 1 heterocycles. The summed E-state index contributed by atoms with van der Waals surface area (Å²) in [7, 11) is -1.31. The van der Waals surface area contributed by atoms with Crippen LogP contribution in [0.3, 0.4) is 0 Å². The number of ether oxygens (including phenoxy) is 1. The second kappa shape index (κ2) is 6.81. The van der Waals surface area contributed by atoms with Gasteiger partial charge in [0.1, 0.15) is 5.58 Å². The van der Waals surface area contributed by atoms with Crippen LogP contribution in [-0.2, 0) is 10.8 Å². The van der Waals surface area contributed by atoms with Gasteiger partial charge in [-0.2, -0.15) is 0 Å². The number of fused-ring (bicyclic) bond motifs is 2. The largest absolute Gasteiger partial charge is 0.486 e. The van der Waals surface area contributed by atoms with Gasteiger partial charge in [-0.05, 0) is 49.9 Å². The first kappa shape index (κ1) is 17.7. The molecule has 3 aromatic rings. The molecule has 27 heavy (non-hydrogen) atoms. The minimum atomic E-state index is -1.31. The lowest BCUT2D eigenvalue weighted by molar-refractivity contribution is 0.0697. The summed E-state index contributed by atoms with van der Waals surface area (Å²) < 4.78 is 24.0. The fourth-order valence-corrected chi connectivity index (χ4v) is 4.03. The van der Waals surface area contributed by atoms with Crippen molar-refractivity contribution in [2.75, 3.05) is 6.26 Å². The number of carboxylic acids is 1. The van der Waals surface area contributed by atoms with E-state index >= 15 is 0 Å². The molecular formula is C20H18O6S. The number of hydrogen-bond donors (Lipinski definition) is 1. The fraction of sp³-hybridized carbons (Fsp3) is 0.300. The first-order valence-corrected chi connectivity index (χ1v) is 10.3. The van der Waals surface area contributed by atoms with Crippen LogP contribution in [0.25, 0.3) is 21.9 Å². The molecule has 2 aromatic carbocycles. The molecule has 0 bridgehead atoms. The molecule has 1 aliphatic rings. The average molecular weight is 386 g/mol. The van der Waals surface area contributed by atoms with Gasteiger partial charge in [-0.1, -0.05) is 0 Å². The number of rotatable bonds is 4. The molecule has 0 radical (unpaired) electrons. The van der Waals surface area contributed by atoms with E-state index in [-0.39, 0.29) is 27.9 Å². The van der Waals surface area contributed by atoms with Gasteiger partial charge in [0.15, 0.2) is 11.3 Å². The number of benzene rings is 2. The van der Waals surface area contributed by atoms with E-state index in [9.17, 15) is 18.9 Å². The molecule has 1 atom stereocenters. The summed E-state index contributed by atoms with van der Waals surface area (Å²) in [6.07, 6.45) is 5.62. The first-order chi connectivity index (χ1) is 12.9. The van der Waals surface area contributed by atoms with E-state index in [4.69, 9.17) is 9.15 Å². The van der Waals surface area contributed by atoms with Gasteiger partial charge in [0.05, 0.1) is 22.4 Å². The van der Waals surface area contributed by atoms with Crippen molar-refractivity contribution in [3.63, 3.8) is 0 Å². The molecule has 7 heteroatoms. The first-order valence-electron chi connectivity index (χ1n) is 8.72. The average Bonchev–Trinajstić information content (AvgIpc) is 3.15. The van der Waals surface area contributed by atoms with Crippen LogP contribution in [0.1, 0.15) is 36.0 Å². The van der Waals surface area contributed by atoms with Crippen LogP contribution >= 0.6 is 0 Å². The van der Waals surface area contributed by atoms with Crippen LogP contribution < -0.4 is 10.2 Å². The minimum Gasteiger partial charge on any atom is -0.486 e. The molecule has 140 valence electrons. The van der Waals surface area contributed by atoms with E-state index in [1.165, 1.54) is 30.5 Å². The molecular weight excluding hydrogens is 368 g/mol. The highest BCUT2D eigenvalue weighted by Crippen LogP contribution is 2.33. The number of carboxylic acid groups (broad SMARTS) is 1. The molecule has 0 spiro atoms. The zero-order valence-corrected chi connectivity index (χ0v) is 15.5. The van der Waals surface area contributed by atoms with Gasteiger partial charge in [0.25, 0.3) is 0 Å². The molecule has 0 aliphatic heterocycles. The highest BCUT2D eigenvalue weighted by molar-refractivity contribution is 7.84. The monoisotopic (exact) mass is 386 g/mol. The van der Waals surface area contributed by atoms with Crippen LogP contribution in [0.5, 0.6) is 5.75 Å².